The molecule has 0 radical (unpaired) electrons. The van der Waals surface area contributed by atoms with Crippen LogP contribution < -0.4 is 11.1 Å². The number of primary amides is 1. The number of nitrogens with zero attached hydrogens (tertiary/aromatic N) is 2. The predicted octanol–water partition coefficient (Wildman–Crippen LogP) is 0.317. The van der Waals surface area contributed by atoms with Crippen LogP contribution in [0.3, 0.4) is 0 Å². The van der Waals surface area contributed by atoms with E-state index in [1.165, 1.54) is 0 Å². The average molecular weight is 310 g/mol. The minimum Gasteiger partial charge on any atom is -0.368 e. The minimum absolute atomic E-state index is 0.0751. The van der Waals surface area contributed by atoms with Gasteiger partial charge >= 0.3 is 0 Å². The lowest BCUT2D eigenvalue weighted by Gasteiger charge is -2.38. The molecule has 2 heterocycles. The smallest absolute Gasteiger partial charge is 0.234 e. The van der Waals surface area contributed by atoms with E-state index in [0.29, 0.717) is 12.6 Å². The monoisotopic (exact) mass is 310 g/mol. The van der Waals surface area contributed by atoms with Crippen LogP contribution in [0.5, 0.6) is 0 Å². The first-order chi connectivity index (χ1) is 10.6. The van der Waals surface area contributed by atoms with Gasteiger partial charge in [0.1, 0.15) is 0 Å². The number of nitrogens with two attached hydrogens (primary N) is 1. The highest BCUT2D eigenvalue weighted by atomic mass is 16.2. The van der Waals surface area contributed by atoms with Crippen LogP contribution in [-0.4, -0.2) is 66.4 Å². The summed E-state index contributed by atoms with van der Waals surface area (Å²) in [6.45, 7) is 6.22. The Hall–Kier alpha value is -1.14. The number of carbonyl (C=O) groups is 2. The van der Waals surface area contributed by atoms with Crippen LogP contribution in [0, 0.1) is 0 Å². The number of hydrogen-bond acceptors (Lipinski definition) is 4. The van der Waals surface area contributed by atoms with Crippen molar-refractivity contribution >= 4 is 11.8 Å². The zero-order valence-corrected chi connectivity index (χ0v) is 13.7. The number of unbranched alkanes of at least 4 members (excludes halogenated alkanes) is 1. The van der Waals surface area contributed by atoms with Gasteiger partial charge in [-0.3, -0.25) is 19.4 Å². The van der Waals surface area contributed by atoms with Crippen molar-refractivity contribution in [3.8, 4) is 0 Å². The van der Waals surface area contributed by atoms with E-state index < -0.39 is 0 Å². The normalized spacial score (nSPS) is 24.5. The van der Waals surface area contributed by atoms with Gasteiger partial charge in [0.2, 0.25) is 11.8 Å². The van der Waals surface area contributed by atoms with E-state index in [0.717, 1.165) is 64.7 Å². The Balaban J connectivity index is 1.71. The molecule has 0 aromatic heterocycles. The molecule has 2 aliphatic heterocycles. The molecule has 1 unspecified atom stereocenters. The number of likely N-dealkylation sites (tertiary alicyclic amines) is 2. The molecular formula is C16H30N4O2. The first-order valence-electron chi connectivity index (χ1n) is 8.66. The molecule has 126 valence electrons. The van der Waals surface area contributed by atoms with Gasteiger partial charge < -0.3 is 11.1 Å². The van der Waals surface area contributed by atoms with Crippen LogP contribution in [0.4, 0.5) is 0 Å². The predicted molar refractivity (Wildman–Crippen MR) is 86.3 cm³/mol. The van der Waals surface area contributed by atoms with Crippen LogP contribution in [0.15, 0.2) is 0 Å². The molecule has 6 heteroatoms. The Bertz CT molecular complexity index is 380. The molecule has 2 fully saturated rings. The molecule has 0 aliphatic carbocycles. The summed E-state index contributed by atoms with van der Waals surface area (Å²) in [5.41, 5.74) is 5.50. The van der Waals surface area contributed by atoms with E-state index in [-0.39, 0.29) is 17.9 Å². The fraction of sp³-hybridized carbons (Fsp3) is 0.875. The lowest BCUT2D eigenvalue weighted by molar-refractivity contribution is -0.123. The number of nitrogens with one attached hydrogen (secondary N) is 1. The van der Waals surface area contributed by atoms with Gasteiger partial charge in [0.05, 0.1) is 12.6 Å². The Morgan fingerprint density at radius 3 is 2.55 bits per heavy atom. The maximum absolute atomic E-state index is 11.8. The maximum atomic E-state index is 11.8. The number of amides is 2. The first kappa shape index (κ1) is 17.2. The highest BCUT2D eigenvalue weighted by Crippen LogP contribution is 2.25. The first-order valence-corrected chi connectivity index (χ1v) is 8.66. The Kier molecular flexibility index (Phi) is 6.64. The largest absolute Gasteiger partial charge is 0.368 e. The molecule has 2 aliphatic rings. The third-order valence-electron chi connectivity index (χ3n) is 4.87. The van der Waals surface area contributed by atoms with E-state index in [9.17, 15) is 9.59 Å². The average Bonchev–Trinajstić information content (AvgIpc) is 2.98. The summed E-state index contributed by atoms with van der Waals surface area (Å²) in [6, 6.07) is 0.369. The molecule has 0 saturated carbocycles. The van der Waals surface area contributed by atoms with Gasteiger partial charge in [-0.2, -0.15) is 0 Å². The van der Waals surface area contributed by atoms with Gasteiger partial charge in [0, 0.05) is 25.7 Å². The Morgan fingerprint density at radius 1 is 1.18 bits per heavy atom. The lowest BCUT2D eigenvalue weighted by Crippen LogP contribution is -2.51. The van der Waals surface area contributed by atoms with Gasteiger partial charge in [-0.15, -0.1) is 0 Å². The second kappa shape index (κ2) is 8.48. The maximum Gasteiger partial charge on any atom is 0.234 e. The highest BCUT2D eigenvalue weighted by molar-refractivity contribution is 5.80. The van der Waals surface area contributed by atoms with E-state index in [1.807, 2.05) is 0 Å². The van der Waals surface area contributed by atoms with Gasteiger partial charge in [0.25, 0.3) is 0 Å². The molecule has 0 aromatic carbocycles. The van der Waals surface area contributed by atoms with Crippen molar-refractivity contribution < 1.29 is 9.59 Å². The lowest BCUT2D eigenvalue weighted by atomic mass is 10.0. The summed E-state index contributed by atoms with van der Waals surface area (Å²) in [4.78, 5) is 27.9. The summed E-state index contributed by atoms with van der Waals surface area (Å²) >= 11 is 0. The van der Waals surface area contributed by atoms with Crippen molar-refractivity contribution in [2.75, 3.05) is 32.7 Å². The molecule has 0 bridgehead atoms. The van der Waals surface area contributed by atoms with Crippen LogP contribution in [0.2, 0.25) is 0 Å². The van der Waals surface area contributed by atoms with Gasteiger partial charge in [-0.25, -0.2) is 0 Å². The van der Waals surface area contributed by atoms with Crippen molar-refractivity contribution in [2.45, 2.75) is 57.5 Å². The summed E-state index contributed by atoms with van der Waals surface area (Å²) in [6.07, 6.45) is 6.14. The third kappa shape index (κ3) is 4.68. The number of rotatable bonds is 7. The molecule has 2 amide bonds. The molecule has 0 aromatic rings. The highest BCUT2D eigenvalue weighted by Gasteiger charge is 2.35. The fourth-order valence-electron chi connectivity index (χ4n) is 3.60. The van der Waals surface area contributed by atoms with E-state index in [2.05, 4.69) is 22.0 Å². The van der Waals surface area contributed by atoms with Crippen molar-refractivity contribution in [3.63, 3.8) is 0 Å². The van der Waals surface area contributed by atoms with E-state index >= 15 is 0 Å². The summed E-state index contributed by atoms with van der Waals surface area (Å²) in [7, 11) is 0. The molecule has 6 nitrogen and oxygen atoms in total. The Labute approximate surface area is 133 Å². The number of piperidine rings is 1. The topological polar surface area (TPSA) is 78.7 Å². The molecule has 3 N–H and O–H groups in total. The zero-order valence-electron chi connectivity index (χ0n) is 13.7. The second-order valence-electron chi connectivity index (χ2n) is 6.51. The molecule has 2 rings (SSSR count). The van der Waals surface area contributed by atoms with Gasteiger partial charge in [-0.05, 0) is 38.6 Å². The fourth-order valence-corrected chi connectivity index (χ4v) is 3.60. The molecule has 0 spiro atoms. The summed E-state index contributed by atoms with van der Waals surface area (Å²) in [5.74, 6) is -0.0571. The third-order valence-corrected chi connectivity index (χ3v) is 4.87. The van der Waals surface area contributed by atoms with Crippen LogP contribution >= 0.6 is 0 Å². The number of hydrogen-bond donors (Lipinski definition) is 2. The quantitative estimate of drug-likeness (QED) is 0.664. The number of carbonyl (C=O) groups excluding carboxylic acids is 2. The molecule has 22 heavy (non-hydrogen) atoms. The molecule has 1 atom stereocenters. The van der Waals surface area contributed by atoms with Gasteiger partial charge in [0.15, 0.2) is 0 Å². The van der Waals surface area contributed by atoms with Gasteiger partial charge in [-0.1, -0.05) is 13.3 Å². The van der Waals surface area contributed by atoms with Crippen LogP contribution in [0.1, 0.15) is 45.4 Å². The van der Waals surface area contributed by atoms with Crippen LogP contribution in [-0.2, 0) is 9.59 Å². The standard InChI is InChI=1S/C16H30N4O2/c1-2-3-8-18-15(21)12-19-10-6-13(7-11-19)20-9-4-5-14(20)16(17)22/h13-14H,2-12H2,1H3,(H2,17,22)(H,18,21). The van der Waals surface area contributed by atoms with Crippen LogP contribution in [0.25, 0.3) is 0 Å². The Morgan fingerprint density at radius 2 is 1.91 bits per heavy atom. The summed E-state index contributed by atoms with van der Waals surface area (Å²) < 4.78 is 0. The van der Waals surface area contributed by atoms with E-state index in [1.54, 1.807) is 0 Å². The second-order valence-corrected chi connectivity index (χ2v) is 6.51. The van der Waals surface area contributed by atoms with Crippen molar-refractivity contribution in [3.05, 3.63) is 0 Å². The SMILES string of the molecule is CCCCNC(=O)CN1CCC(N2CCCC2C(N)=O)CC1. The van der Waals surface area contributed by atoms with Crippen molar-refractivity contribution in [2.24, 2.45) is 5.73 Å². The summed E-state index contributed by atoms with van der Waals surface area (Å²) in [5, 5.41) is 2.97. The zero-order chi connectivity index (χ0) is 15.9. The molecule has 2 saturated heterocycles. The molecular weight excluding hydrogens is 280 g/mol. The van der Waals surface area contributed by atoms with Crippen molar-refractivity contribution in [1.29, 1.82) is 0 Å². The van der Waals surface area contributed by atoms with E-state index in [4.69, 9.17) is 5.73 Å². The minimum atomic E-state index is -0.185. The van der Waals surface area contributed by atoms with Crippen molar-refractivity contribution in [1.82, 2.24) is 15.1 Å².